The van der Waals surface area contributed by atoms with Gasteiger partial charge in [0.25, 0.3) is 5.91 Å². The van der Waals surface area contributed by atoms with Gasteiger partial charge in [0, 0.05) is 30.0 Å². The van der Waals surface area contributed by atoms with Crippen molar-refractivity contribution in [3.8, 4) is 0 Å². The lowest BCUT2D eigenvalue weighted by atomic mass is 9.93. The average Bonchev–Trinajstić information content (AvgIpc) is 3.43. The van der Waals surface area contributed by atoms with Gasteiger partial charge in [0.2, 0.25) is 15.9 Å². The molecule has 0 spiro atoms. The fourth-order valence-corrected chi connectivity index (χ4v) is 5.07. The van der Waals surface area contributed by atoms with Crippen LogP contribution in [-0.4, -0.2) is 44.3 Å². The van der Waals surface area contributed by atoms with E-state index in [9.17, 15) is 18.0 Å². The molecule has 1 aliphatic heterocycles. The highest BCUT2D eigenvalue weighted by Gasteiger charge is 2.30. The molecule has 27 heavy (non-hydrogen) atoms. The number of nitrogens with one attached hydrogen (secondary N) is 1. The topological polar surface area (TPSA) is 110 Å². The molecule has 0 aromatic heterocycles. The fourth-order valence-electron chi connectivity index (χ4n) is 3.33. The molecular formula is C18H24BrN3O4S. The second-order valence-corrected chi connectivity index (χ2v) is 9.87. The molecule has 2 fully saturated rings. The van der Waals surface area contributed by atoms with Gasteiger partial charge in [-0.3, -0.25) is 9.59 Å². The molecule has 2 amide bonds. The van der Waals surface area contributed by atoms with E-state index in [0.29, 0.717) is 36.0 Å². The summed E-state index contributed by atoms with van der Waals surface area (Å²) in [5.74, 6) is -0.297. The van der Waals surface area contributed by atoms with E-state index in [1.807, 2.05) is 0 Å². The molecule has 1 aromatic rings. The molecule has 0 bridgehead atoms. The Bertz CT molecular complexity index is 839. The molecule has 1 saturated carbocycles. The highest BCUT2D eigenvalue weighted by molar-refractivity contribution is 9.10. The van der Waals surface area contributed by atoms with Gasteiger partial charge >= 0.3 is 0 Å². The number of carbonyl (C=O) groups is 2. The predicted molar refractivity (Wildman–Crippen MR) is 105 cm³/mol. The van der Waals surface area contributed by atoms with Crippen LogP contribution in [0.2, 0.25) is 0 Å². The lowest BCUT2D eigenvalue weighted by Crippen LogP contribution is -2.40. The van der Waals surface area contributed by atoms with Crippen molar-refractivity contribution >= 4 is 37.8 Å². The standard InChI is InChI=1S/C18H24BrN3O4S/c19-16-7-6-14(27(25,26)21-13-4-5-13)10-15(16)18(24)22-9-1-2-12(11-22)3-8-17(20)23/h6-7,10,12-13,21H,1-5,8-9,11H2,(H2,20,23). The first-order valence-corrected chi connectivity index (χ1v) is 11.4. The van der Waals surface area contributed by atoms with Crippen molar-refractivity contribution in [3.05, 3.63) is 28.2 Å². The van der Waals surface area contributed by atoms with Crippen LogP contribution >= 0.6 is 15.9 Å². The summed E-state index contributed by atoms with van der Waals surface area (Å²) >= 11 is 3.37. The first kappa shape index (κ1) is 20.3. The van der Waals surface area contributed by atoms with Crippen molar-refractivity contribution in [1.82, 2.24) is 9.62 Å². The summed E-state index contributed by atoms with van der Waals surface area (Å²) in [6.07, 6.45) is 4.49. The number of nitrogens with zero attached hydrogens (tertiary/aromatic N) is 1. The number of benzene rings is 1. The van der Waals surface area contributed by atoms with Gasteiger partial charge in [0.05, 0.1) is 10.5 Å². The third-order valence-corrected chi connectivity index (χ3v) is 7.19. The zero-order chi connectivity index (χ0) is 19.6. The van der Waals surface area contributed by atoms with Gasteiger partial charge in [0.1, 0.15) is 0 Å². The van der Waals surface area contributed by atoms with Gasteiger partial charge < -0.3 is 10.6 Å². The molecule has 1 atom stereocenters. The number of nitrogens with two attached hydrogens (primary N) is 1. The molecule has 2 aliphatic rings. The van der Waals surface area contributed by atoms with Crippen molar-refractivity contribution in [3.63, 3.8) is 0 Å². The Balaban J connectivity index is 1.75. The number of rotatable bonds is 7. The number of primary amides is 1. The minimum Gasteiger partial charge on any atom is -0.370 e. The van der Waals surface area contributed by atoms with E-state index < -0.39 is 10.0 Å². The Hall–Kier alpha value is -1.45. The third kappa shape index (κ3) is 5.30. The van der Waals surface area contributed by atoms with E-state index in [2.05, 4.69) is 20.7 Å². The molecule has 1 saturated heterocycles. The SMILES string of the molecule is NC(=O)CCC1CCCN(C(=O)c2cc(S(=O)(=O)NC3CC3)ccc2Br)C1. The number of carbonyl (C=O) groups excluding carboxylic acids is 2. The molecule has 1 heterocycles. The van der Waals surface area contributed by atoms with Gasteiger partial charge in [0.15, 0.2) is 0 Å². The van der Waals surface area contributed by atoms with Gasteiger partial charge in [-0.1, -0.05) is 0 Å². The molecular weight excluding hydrogens is 434 g/mol. The molecule has 1 aromatic carbocycles. The van der Waals surface area contributed by atoms with Crippen molar-refractivity contribution in [2.24, 2.45) is 11.7 Å². The lowest BCUT2D eigenvalue weighted by molar-refractivity contribution is -0.118. The first-order valence-electron chi connectivity index (χ1n) is 9.16. The van der Waals surface area contributed by atoms with Crippen molar-refractivity contribution in [2.45, 2.75) is 49.5 Å². The fraction of sp³-hybridized carbons (Fsp3) is 0.556. The lowest BCUT2D eigenvalue weighted by Gasteiger charge is -2.33. The number of halogens is 1. The summed E-state index contributed by atoms with van der Waals surface area (Å²) in [6, 6.07) is 4.54. The van der Waals surface area contributed by atoms with E-state index >= 15 is 0 Å². The molecule has 7 nitrogen and oxygen atoms in total. The molecule has 1 unspecified atom stereocenters. The summed E-state index contributed by atoms with van der Waals surface area (Å²) < 4.78 is 28.1. The van der Waals surface area contributed by atoms with Crippen LogP contribution in [0.1, 0.15) is 48.9 Å². The third-order valence-electron chi connectivity index (χ3n) is 4.98. The summed E-state index contributed by atoms with van der Waals surface area (Å²) in [5, 5.41) is 0. The van der Waals surface area contributed by atoms with Gasteiger partial charge in [-0.2, -0.15) is 0 Å². The Kier molecular flexibility index (Phi) is 6.22. The number of likely N-dealkylation sites (tertiary alicyclic amines) is 1. The summed E-state index contributed by atoms with van der Waals surface area (Å²) in [7, 11) is -3.62. The molecule has 3 rings (SSSR count). The van der Waals surface area contributed by atoms with Gasteiger partial charge in [-0.25, -0.2) is 13.1 Å². The highest BCUT2D eigenvalue weighted by Crippen LogP contribution is 2.28. The van der Waals surface area contributed by atoms with Crippen LogP contribution in [-0.2, 0) is 14.8 Å². The largest absolute Gasteiger partial charge is 0.370 e. The maximum Gasteiger partial charge on any atom is 0.255 e. The summed E-state index contributed by atoms with van der Waals surface area (Å²) in [4.78, 5) is 25.9. The Morgan fingerprint density at radius 3 is 2.67 bits per heavy atom. The van der Waals surface area contributed by atoms with Crippen LogP contribution in [0.25, 0.3) is 0 Å². The zero-order valence-electron chi connectivity index (χ0n) is 15.0. The highest BCUT2D eigenvalue weighted by atomic mass is 79.9. The van der Waals surface area contributed by atoms with Crippen LogP contribution < -0.4 is 10.5 Å². The van der Waals surface area contributed by atoms with Gasteiger partial charge in [-0.05, 0) is 72.2 Å². The maximum absolute atomic E-state index is 13.0. The van der Waals surface area contributed by atoms with Crippen LogP contribution in [0.5, 0.6) is 0 Å². The smallest absolute Gasteiger partial charge is 0.255 e. The zero-order valence-corrected chi connectivity index (χ0v) is 17.4. The molecule has 1 aliphatic carbocycles. The van der Waals surface area contributed by atoms with Crippen molar-refractivity contribution < 1.29 is 18.0 Å². The van der Waals surface area contributed by atoms with Crippen LogP contribution in [0.15, 0.2) is 27.6 Å². The Morgan fingerprint density at radius 1 is 1.26 bits per heavy atom. The van der Waals surface area contributed by atoms with E-state index in [0.717, 1.165) is 25.7 Å². The number of hydrogen-bond donors (Lipinski definition) is 2. The normalized spacial score (nSPS) is 20.5. The predicted octanol–water partition coefficient (Wildman–Crippen LogP) is 2.01. The van der Waals surface area contributed by atoms with Gasteiger partial charge in [-0.15, -0.1) is 0 Å². The second kappa shape index (κ2) is 8.28. The number of amides is 2. The Labute approximate surface area is 167 Å². The minimum atomic E-state index is -3.62. The van der Waals surface area contributed by atoms with E-state index in [1.54, 1.807) is 11.0 Å². The monoisotopic (exact) mass is 457 g/mol. The van der Waals surface area contributed by atoms with Crippen LogP contribution in [0.4, 0.5) is 0 Å². The molecule has 148 valence electrons. The maximum atomic E-state index is 13.0. The summed E-state index contributed by atoms with van der Waals surface area (Å²) in [5.41, 5.74) is 5.56. The summed E-state index contributed by atoms with van der Waals surface area (Å²) in [6.45, 7) is 1.17. The number of piperidine rings is 1. The van der Waals surface area contributed by atoms with Crippen LogP contribution in [0.3, 0.4) is 0 Å². The van der Waals surface area contributed by atoms with E-state index in [4.69, 9.17) is 5.73 Å². The minimum absolute atomic E-state index is 0.00547. The van der Waals surface area contributed by atoms with E-state index in [1.165, 1.54) is 12.1 Å². The second-order valence-electron chi connectivity index (χ2n) is 7.30. The molecule has 0 radical (unpaired) electrons. The molecule has 3 N–H and O–H groups in total. The van der Waals surface area contributed by atoms with Crippen molar-refractivity contribution in [2.75, 3.05) is 13.1 Å². The number of hydrogen-bond acceptors (Lipinski definition) is 4. The molecule has 9 heteroatoms. The Morgan fingerprint density at radius 2 is 2.00 bits per heavy atom. The van der Waals surface area contributed by atoms with E-state index in [-0.39, 0.29) is 28.7 Å². The van der Waals surface area contributed by atoms with Crippen LogP contribution in [0, 0.1) is 5.92 Å². The number of sulfonamides is 1. The average molecular weight is 458 g/mol. The van der Waals surface area contributed by atoms with Crippen molar-refractivity contribution in [1.29, 1.82) is 0 Å². The first-order chi connectivity index (χ1) is 12.8. The quantitative estimate of drug-likeness (QED) is 0.652.